The van der Waals surface area contributed by atoms with Gasteiger partial charge in [0, 0.05) is 6.54 Å². The van der Waals surface area contributed by atoms with E-state index in [2.05, 4.69) is 17.5 Å². The molecule has 0 aromatic carbocycles. The van der Waals surface area contributed by atoms with Crippen molar-refractivity contribution in [1.82, 2.24) is 5.32 Å². The number of rotatable bonds is 0. The molecular weight excluding hydrogens is 98.1 g/mol. The Morgan fingerprint density at radius 1 is 1.25 bits per heavy atom. The van der Waals surface area contributed by atoms with Crippen molar-refractivity contribution in [1.29, 1.82) is 0 Å². The van der Waals surface area contributed by atoms with Crippen molar-refractivity contribution in [2.45, 2.75) is 12.8 Å². The average molecular weight is 109 g/mol. The minimum Gasteiger partial charge on any atom is -0.391 e. The van der Waals surface area contributed by atoms with Gasteiger partial charge < -0.3 is 5.32 Å². The summed E-state index contributed by atoms with van der Waals surface area (Å²) in [6, 6.07) is 0. The minimum atomic E-state index is 1.11. The molecule has 44 valence electrons. The molecule has 0 aromatic rings. The molecule has 0 aliphatic carbocycles. The highest BCUT2D eigenvalue weighted by molar-refractivity contribution is 5.02. The Kier molecular flexibility index (Phi) is 2.24. The SMILES string of the molecule is C1=CCCCNC=C1. The van der Waals surface area contributed by atoms with E-state index in [0.29, 0.717) is 0 Å². The summed E-state index contributed by atoms with van der Waals surface area (Å²) in [4.78, 5) is 0. The number of hydrogen-bond donors (Lipinski definition) is 1. The lowest BCUT2D eigenvalue weighted by Gasteiger charge is -1.98. The Balaban J connectivity index is 2.33. The van der Waals surface area contributed by atoms with Crippen LogP contribution in [0.3, 0.4) is 0 Å². The minimum absolute atomic E-state index is 1.11. The molecule has 0 bridgehead atoms. The highest BCUT2D eigenvalue weighted by atomic mass is 14.8. The topological polar surface area (TPSA) is 12.0 Å². The molecule has 0 aromatic heterocycles. The molecule has 1 rings (SSSR count). The van der Waals surface area contributed by atoms with E-state index >= 15 is 0 Å². The smallest absolute Gasteiger partial charge is 0.0144 e. The molecule has 0 unspecified atom stereocenters. The zero-order chi connectivity index (χ0) is 5.66. The van der Waals surface area contributed by atoms with Crippen LogP contribution in [0.4, 0.5) is 0 Å². The third kappa shape index (κ3) is 1.82. The summed E-state index contributed by atoms with van der Waals surface area (Å²) in [6.45, 7) is 1.11. The molecule has 1 aliphatic heterocycles. The van der Waals surface area contributed by atoms with E-state index < -0.39 is 0 Å². The zero-order valence-corrected chi connectivity index (χ0v) is 4.93. The second kappa shape index (κ2) is 3.30. The van der Waals surface area contributed by atoms with Gasteiger partial charge in [-0.3, -0.25) is 0 Å². The molecule has 1 aliphatic rings. The molecule has 0 saturated heterocycles. The van der Waals surface area contributed by atoms with E-state index in [9.17, 15) is 0 Å². The fourth-order valence-electron chi connectivity index (χ4n) is 0.704. The zero-order valence-electron chi connectivity index (χ0n) is 4.93. The summed E-state index contributed by atoms with van der Waals surface area (Å²) < 4.78 is 0. The summed E-state index contributed by atoms with van der Waals surface area (Å²) in [5.74, 6) is 0. The van der Waals surface area contributed by atoms with Crippen LogP contribution < -0.4 is 5.32 Å². The van der Waals surface area contributed by atoms with Crippen molar-refractivity contribution in [3.05, 3.63) is 24.4 Å². The van der Waals surface area contributed by atoms with Gasteiger partial charge in [-0.1, -0.05) is 12.2 Å². The highest BCUT2D eigenvalue weighted by Gasteiger charge is 1.82. The van der Waals surface area contributed by atoms with Crippen molar-refractivity contribution < 1.29 is 0 Å². The molecule has 0 amide bonds. The Morgan fingerprint density at radius 3 is 3.25 bits per heavy atom. The standard InChI is InChI=1S/C7H11N/c1-2-4-6-8-7-5-3-1/h1-2,4,6,8H,3,5,7H2. The molecule has 1 nitrogen and oxygen atoms in total. The summed E-state index contributed by atoms with van der Waals surface area (Å²) in [7, 11) is 0. The van der Waals surface area contributed by atoms with Crippen molar-refractivity contribution >= 4 is 0 Å². The van der Waals surface area contributed by atoms with Crippen LogP contribution in [0.15, 0.2) is 24.4 Å². The molecule has 0 spiro atoms. The molecule has 0 radical (unpaired) electrons. The number of nitrogens with one attached hydrogen (secondary N) is 1. The van der Waals surface area contributed by atoms with E-state index in [1.165, 1.54) is 12.8 Å². The number of allylic oxidation sites excluding steroid dienone is 3. The van der Waals surface area contributed by atoms with Gasteiger partial charge >= 0.3 is 0 Å². The summed E-state index contributed by atoms with van der Waals surface area (Å²) in [5, 5.41) is 3.16. The lowest BCUT2D eigenvalue weighted by atomic mass is 10.2. The van der Waals surface area contributed by atoms with Gasteiger partial charge in [-0.25, -0.2) is 0 Å². The Labute approximate surface area is 50.1 Å². The normalized spacial score (nSPS) is 19.0. The van der Waals surface area contributed by atoms with E-state index in [1.807, 2.05) is 12.3 Å². The van der Waals surface area contributed by atoms with Crippen molar-refractivity contribution in [3.8, 4) is 0 Å². The molecule has 1 heteroatoms. The van der Waals surface area contributed by atoms with Crippen LogP contribution in [0.5, 0.6) is 0 Å². The summed E-state index contributed by atoms with van der Waals surface area (Å²) >= 11 is 0. The van der Waals surface area contributed by atoms with E-state index in [0.717, 1.165) is 6.54 Å². The molecule has 0 fully saturated rings. The third-order valence-corrected chi connectivity index (χ3v) is 1.15. The van der Waals surface area contributed by atoms with Gasteiger partial charge in [0.1, 0.15) is 0 Å². The maximum atomic E-state index is 3.16. The average Bonchev–Trinajstić information content (AvgIpc) is 1.62. The summed E-state index contributed by atoms with van der Waals surface area (Å²) in [6.07, 6.45) is 10.7. The first kappa shape index (κ1) is 5.42. The summed E-state index contributed by atoms with van der Waals surface area (Å²) in [5.41, 5.74) is 0. The van der Waals surface area contributed by atoms with Crippen LogP contribution >= 0.6 is 0 Å². The van der Waals surface area contributed by atoms with Gasteiger partial charge in [-0.05, 0) is 25.1 Å². The molecular formula is C7H11N. The van der Waals surface area contributed by atoms with Gasteiger partial charge in [0.25, 0.3) is 0 Å². The first-order chi connectivity index (χ1) is 4.00. The predicted molar refractivity (Wildman–Crippen MR) is 35.5 cm³/mol. The van der Waals surface area contributed by atoms with Crippen LogP contribution in [0, 0.1) is 0 Å². The Bertz CT molecular complexity index is 89.0. The first-order valence-electron chi connectivity index (χ1n) is 3.05. The van der Waals surface area contributed by atoms with Crippen LogP contribution in [0.2, 0.25) is 0 Å². The molecule has 0 atom stereocenters. The van der Waals surface area contributed by atoms with Gasteiger partial charge in [-0.2, -0.15) is 0 Å². The van der Waals surface area contributed by atoms with E-state index in [4.69, 9.17) is 0 Å². The molecule has 8 heavy (non-hydrogen) atoms. The Hall–Kier alpha value is -0.720. The highest BCUT2D eigenvalue weighted by Crippen LogP contribution is 1.91. The maximum absolute atomic E-state index is 3.16. The monoisotopic (exact) mass is 109 g/mol. The van der Waals surface area contributed by atoms with Crippen molar-refractivity contribution in [3.63, 3.8) is 0 Å². The first-order valence-corrected chi connectivity index (χ1v) is 3.05. The second-order valence-corrected chi connectivity index (χ2v) is 1.88. The van der Waals surface area contributed by atoms with Crippen LogP contribution in [0.1, 0.15) is 12.8 Å². The van der Waals surface area contributed by atoms with Gasteiger partial charge in [-0.15, -0.1) is 0 Å². The number of hydrogen-bond acceptors (Lipinski definition) is 1. The molecule has 1 heterocycles. The second-order valence-electron chi connectivity index (χ2n) is 1.88. The largest absolute Gasteiger partial charge is 0.391 e. The fraction of sp³-hybridized carbons (Fsp3) is 0.429. The van der Waals surface area contributed by atoms with Crippen molar-refractivity contribution in [2.24, 2.45) is 0 Å². The Morgan fingerprint density at radius 2 is 2.25 bits per heavy atom. The van der Waals surface area contributed by atoms with Crippen LogP contribution in [-0.2, 0) is 0 Å². The lowest BCUT2D eigenvalue weighted by Crippen LogP contribution is -2.06. The maximum Gasteiger partial charge on any atom is 0.0144 e. The van der Waals surface area contributed by atoms with Gasteiger partial charge in [0.15, 0.2) is 0 Å². The van der Waals surface area contributed by atoms with Gasteiger partial charge in [0.05, 0.1) is 0 Å². The van der Waals surface area contributed by atoms with Crippen LogP contribution in [-0.4, -0.2) is 6.54 Å². The molecule has 1 N–H and O–H groups in total. The molecule has 0 saturated carbocycles. The van der Waals surface area contributed by atoms with E-state index in [1.54, 1.807) is 0 Å². The lowest BCUT2D eigenvalue weighted by molar-refractivity contribution is 0.760. The van der Waals surface area contributed by atoms with E-state index in [-0.39, 0.29) is 0 Å². The quantitative estimate of drug-likeness (QED) is 0.496. The fourth-order valence-corrected chi connectivity index (χ4v) is 0.704. The van der Waals surface area contributed by atoms with Crippen molar-refractivity contribution in [2.75, 3.05) is 6.54 Å². The van der Waals surface area contributed by atoms with Crippen LogP contribution in [0.25, 0.3) is 0 Å². The predicted octanol–water partition coefficient (Wildman–Crippen LogP) is 1.44. The third-order valence-electron chi connectivity index (χ3n) is 1.15. The van der Waals surface area contributed by atoms with Gasteiger partial charge in [0.2, 0.25) is 0 Å².